The first-order valence-corrected chi connectivity index (χ1v) is 9.89. The molecule has 1 aromatic heterocycles. The standard InChI is InChI=1S/C21H26FN3O2/c22-19-11-15(16-12-23-24-13-16)5-6-17(19)14-7-9-25(10-8-14)21(27)18-3-1-2-4-20(18)26/h5-6,11-14,18,20,26H,1-4,7-10H2,(H,23,24)/t18-,20+/m1/s1. The molecule has 2 aromatic rings. The first kappa shape index (κ1) is 18.2. The van der Waals surface area contributed by atoms with Crippen LogP contribution in [0.1, 0.15) is 50.0 Å². The highest BCUT2D eigenvalue weighted by Gasteiger charge is 2.34. The van der Waals surface area contributed by atoms with E-state index in [-0.39, 0.29) is 23.6 Å². The molecule has 1 saturated heterocycles. The van der Waals surface area contributed by atoms with Gasteiger partial charge in [0.15, 0.2) is 0 Å². The van der Waals surface area contributed by atoms with Crippen LogP contribution in [0.3, 0.4) is 0 Å². The minimum atomic E-state index is -0.503. The maximum absolute atomic E-state index is 14.7. The Morgan fingerprint density at radius 2 is 1.93 bits per heavy atom. The summed E-state index contributed by atoms with van der Waals surface area (Å²) in [5.74, 6) is -0.234. The number of piperidine rings is 1. The average Bonchev–Trinajstić information content (AvgIpc) is 3.23. The van der Waals surface area contributed by atoms with Crippen LogP contribution in [0.4, 0.5) is 4.39 Å². The van der Waals surface area contributed by atoms with E-state index in [4.69, 9.17) is 0 Å². The van der Waals surface area contributed by atoms with Gasteiger partial charge in [0.25, 0.3) is 0 Å². The van der Waals surface area contributed by atoms with Gasteiger partial charge in [-0.25, -0.2) is 4.39 Å². The predicted molar refractivity (Wildman–Crippen MR) is 101 cm³/mol. The quantitative estimate of drug-likeness (QED) is 0.868. The molecule has 1 amide bonds. The van der Waals surface area contributed by atoms with Gasteiger partial charge < -0.3 is 10.0 Å². The third-order valence-electron chi connectivity index (χ3n) is 6.13. The van der Waals surface area contributed by atoms with Gasteiger partial charge in [0.2, 0.25) is 5.91 Å². The monoisotopic (exact) mass is 371 g/mol. The number of carbonyl (C=O) groups excluding carboxylic acids is 1. The van der Waals surface area contributed by atoms with Gasteiger partial charge >= 0.3 is 0 Å². The van der Waals surface area contributed by atoms with Crippen molar-refractivity contribution in [2.24, 2.45) is 5.92 Å². The molecule has 27 heavy (non-hydrogen) atoms. The van der Waals surface area contributed by atoms with E-state index in [0.717, 1.165) is 55.2 Å². The highest BCUT2D eigenvalue weighted by atomic mass is 19.1. The molecular formula is C21H26FN3O2. The molecule has 4 rings (SSSR count). The van der Waals surface area contributed by atoms with E-state index in [1.807, 2.05) is 17.0 Å². The molecule has 1 saturated carbocycles. The van der Waals surface area contributed by atoms with Crippen molar-refractivity contribution in [3.05, 3.63) is 42.0 Å². The minimum Gasteiger partial charge on any atom is -0.392 e. The number of rotatable bonds is 3. The number of benzene rings is 1. The Balaban J connectivity index is 1.40. The lowest BCUT2D eigenvalue weighted by Gasteiger charge is -2.37. The van der Waals surface area contributed by atoms with Crippen LogP contribution < -0.4 is 0 Å². The van der Waals surface area contributed by atoms with Gasteiger partial charge in [-0.1, -0.05) is 25.0 Å². The van der Waals surface area contributed by atoms with E-state index in [2.05, 4.69) is 10.2 Å². The molecule has 1 aliphatic carbocycles. The number of aromatic amines is 1. The number of nitrogens with one attached hydrogen (secondary N) is 1. The molecule has 144 valence electrons. The first-order chi connectivity index (χ1) is 13.1. The van der Waals surface area contributed by atoms with Gasteiger partial charge in [-0.3, -0.25) is 9.89 Å². The van der Waals surface area contributed by atoms with E-state index in [1.54, 1.807) is 18.5 Å². The molecule has 1 aliphatic heterocycles. The summed E-state index contributed by atoms with van der Waals surface area (Å²) in [5.41, 5.74) is 2.41. The SMILES string of the molecule is O=C([C@@H]1CCCC[C@@H]1O)N1CCC(c2ccc(-c3cn[nH]c3)cc2F)CC1. The molecule has 5 nitrogen and oxygen atoms in total. The largest absolute Gasteiger partial charge is 0.392 e. The lowest BCUT2D eigenvalue weighted by atomic mass is 9.84. The zero-order valence-corrected chi connectivity index (χ0v) is 15.4. The number of amides is 1. The van der Waals surface area contributed by atoms with Crippen molar-refractivity contribution in [2.45, 2.75) is 50.5 Å². The number of aliphatic hydroxyl groups excluding tert-OH is 1. The number of carbonyl (C=O) groups is 1. The fourth-order valence-electron chi connectivity index (χ4n) is 4.49. The number of aromatic nitrogens is 2. The molecule has 0 radical (unpaired) electrons. The summed E-state index contributed by atoms with van der Waals surface area (Å²) in [5, 5.41) is 16.8. The van der Waals surface area contributed by atoms with Gasteiger partial charge in [0, 0.05) is 24.8 Å². The van der Waals surface area contributed by atoms with Crippen molar-refractivity contribution < 1.29 is 14.3 Å². The molecule has 6 heteroatoms. The van der Waals surface area contributed by atoms with Crippen molar-refractivity contribution in [3.63, 3.8) is 0 Å². The second kappa shape index (κ2) is 7.80. The summed E-state index contributed by atoms with van der Waals surface area (Å²) in [4.78, 5) is 14.6. The van der Waals surface area contributed by atoms with Crippen molar-refractivity contribution >= 4 is 5.91 Å². The summed E-state index contributed by atoms with van der Waals surface area (Å²) in [6.07, 6.45) is 7.96. The Labute approximate surface area is 158 Å². The zero-order valence-electron chi connectivity index (χ0n) is 15.4. The van der Waals surface area contributed by atoms with Crippen LogP contribution in [0.2, 0.25) is 0 Å². The highest BCUT2D eigenvalue weighted by Crippen LogP contribution is 2.34. The molecule has 2 heterocycles. The Kier molecular flexibility index (Phi) is 5.25. The Morgan fingerprint density at radius 1 is 1.15 bits per heavy atom. The summed E-state index contributed by atoms with van der Waals surface area (Å²) in [6.45, 7) is 1.27. The number of likely N-dealkylation sites (tertiary alicyclic amines) is 1. The molecule has 0 spiro atoms. The van der Waals surface area contributed by atoms with Gasteiger partial charge in [0.05, 0.1) is 18.2 Å². The summed E-state index contributed by atoms with van der Waals surface area (Å²) >= 11 is 0. The number of aliphatic hydroxyl groups is 1. The Hall–Kier alpha value is -2.21. The van der Waals surface area contributed by atoms with Crippen LogP contribution >= 0.6 is 0 Å². The van der Waals surface area contributed by atoms with E-state index >= 15 is 0 Å². The molecule has 0 unspecified atom stereocenters. The smallest absolute Gasteiger partial charge is 0.228 e. The van der Waals surface area contributed by atoms with Crippen molar-refractivity contribution in [1.29, 1.82) is 0 Å². The van der Waals surface area contributed by atoms with Crippen LogP contribution in [0, 0.1) is 11.7 Å². The van der Waals surface area contributed by atoms with Crippen molar-refractivity contribution in [1.82, 2.24) is 15.1 Å². The topological polar surface area (TPSA) is 69.2 Å². The van der Waals surface area contributed by atoms with Gasteiger partial charge in [-0.15, -0.1) is 0 Å². The van der Waals surface area contributed by atoms with Crippen LogP contribution in [0.25, 0.3) is 11.1 Å². The molecule has 2 fully saturated rings. The van der Waals surface area contributed by atoms with E-state index in [0.29, 0.717) is 13.1 Å². The lowest BCUT2D eigenvalue weighted by Crippen LogP contribution is -2.45. The van der Waals surface area contributed by atoms with Crippen LogP contribution in [0.5, 0.6) is 0 Å². The third-order valence-corrected chi connectivity index (χ3v) is 6.13. The van der Waals surface area contributed by atoms with Crippen molar-refractivity contribution in [3.8, 4) is 11.1 Å². The summed E-state index contributed by atoms with van der Waals surface area (Å²) < 4.78 is 14.7. The molecule has 2 aliphatic rings. The zero-order chi connectivity index (χ0) is 18.8. The number of hydrogen-bond acceptors (Lipinski definition) is 3. The lowest BCUT2D eigenvalue weighted by molar-refractivity contribution is -0.142. The van der Waals surface area contributed by atoms with Crippen LogP contribution in [-0.4, -0.2) is 45.3 Å². The molecule has 2 atom stereocenters. The van der Waals surface area contributed by atoms with Gasteiger partial charge in [0.1, 0.15) is 5.82 Å². The third kappa shape index (κ3) is 3.76. The van der Waals surface area contributed by atoms with E-state index in [9.17, 15) is 14.3 Å². The molecule has 2 N–H and O–H groups in total. The van der Waals surface area contributed by atoms with Gasteiger partial charge in [-0.05, 0) is 48.8 Å². The number of hydrogen-bond donors (Lipinski definition) is 2. The molecule has 0 bridgehead atoms. The second-order valence-electron chi connectivity index (χ2n) is 7.78. The maximum Gasteiger partial charge on any atom is 0.228 e. The predicted octanol–water partition coefficient (Wildman–Crippen LogP) is 3.47. The summed E-state index contributed by atoms with van der Waals surface area (Å²) in [7, 11) is 0. The highest BCUT2D eigenvalue weighted by molar-refractivity contribution is 5.79. The first-order valence-electron chi connectivity index (χ1n) is 9.89. The van der Waals surface area contributed by atoms with Crippen LogP contribution in [-0.2, 0) is 4.79 Å². The van der Waals surface area contributed by atoms with Gasteiger partial charge in [-0.2, -0.15) is 5.10 Å². The minimum absolute atomic E-state index is 0.0800. The maximum atomic E-state index is 14.7. The van der Waals surface area contributed by atoms with E-state index in [1.165, 1.54) is 0 Å². The second-order valence-corrected chi connectivity index (χ2v) is 7.78. The number of halogens is 1. The fourth-order valence-corrected chi connectivity index (χ4v) is 4.49. The Bertz CT molecular complexity index is 785. The normalized spacial score (nSPS) is 24.1. The van der Waals surface area contributed by atoms with Crippen molar-refractivity contribution in [2.75, 3.05) is 13.1 Å². The van der Waals surface area contributed by atoms with Crippen LogP contribution in [0.15, 0.2) is 30.6 Å². The average molecular weight is 371 g/mol. The molecular weight excluding hydrogens is 345 g/mol. The summed E-state index contributed by atoms with van der Waals surface area (Å²) in [6, 6.07) is 5.36. The van der Waals surface area contributed by atoms with E-state index < -0.39 is 6.10 Å². The number of nitrogens with zero attached hydrogens (tertiary/aromatic N) is 2. The fraction of sp³-hybridized carbons (Fsp3) is 0.524. The Morgan fingerprint density at radius 3 is 2.59 bits per heavy atom. The number of H-pyrrole nitrogens is 1. The molecule has 1 aromatic carbocycles.